The highest BCUT2D eigenvalue weighted by Gasteiger charge is 2.39. The van der Waals surface area contributed by atoms with Crippen molar-refractivity contribution >= 4 is 22.7 Å². The van der Waals surface area contributed by atoms with Gasteiger partial charge in [0.15, 0.2) is 17.5 Å². The van der Waals surface area contributed by atoms with Crippen molar-refractivity contribution in [2.24, 2.45) is 17.8 Å². The van der Waals surface area contributed by atoms with Crippen LogP contribution in [0.1, 0.15) is 37.7 Å². The van der Waals surface area contributed by atoms with Gasteiger partial charge in [-0.05, 0) is 42.7 Å². The fourth-order valence-corrected chi connectivity index (χ4v) is 5.65. The number of nitrogen functional groups attached to an aromatic ring is 1. The fraction of sp³-hybridized carbons (Fsp3) is 0.286. The number of nitrogens with zero attached hydrogens (tertiary/aromatic N) is 3. The highest BCUT2D eigenvalue weighted by molar-refractivity contribution is 5.95. The number of aromatic amines is 1. The molecule has 0 saturated heterocycles. The van der Waals surface area contributed by atoms with Crippen molar-refractivity contribution in [2.75, 3.05) is 5.73 Å². The predicted molar refractivity (Wildman–Crippen MR) is 135 cm³/mol. The molecule has 3 saturated carbocycles. The highest BCUT2D eigenvalue weighted by Crippen LogP contribution is 2.45. The van der Waals surface area contributed by atoms with Crippen LogP contribution in [0.25, 0.3) is 33.4 Å². The predicted octanol–water partition coefficient (Wildman–Crippen LogP) is 6.06. The molecule has 0 aliphatic heterocycles. The zero-order valence-corrected chi connectivity index (χ0v) is 20.2. The summed E-state index contributed by atoms with van der Waals surface area (Å²) in [6, 6.07) is 12.0. The molecule has 1 unspecified atom stereocenters. The first-order chi connectivity index (χ1) is 18.3. The Balaban J connectivity index is 0.000000222. The molecular formula is C28H24F3N5O2. The van der Waals surface area contributed by atoms with Crippen LogP contribution >= 0.6 is 0 Å². The number of H-pyrrole nitrogens is 1. The Hall–Kier alpha value is -4.39. The summed E-state index contributed by atoms with van der Waals surface area (Å²) in [5.74, 6) is -2.28. The number of pyridine rings is 1. The number of halogens is 3. The number of rotatable bonds is 3. The lowest BCUT2D eigenvalue weighted by atomic mass is 9.65. The Kier molecular flexibility index (Phi) is 6.76. The maximum atomic E-state index is 14.7. The van der Waals surface area contributed by atoms with Crippen LogP contribution in [0.4, 0.5) is 19.0 Å². The molecule has 2 aromatic heterocycles. The average molecular weight is 520 g/mol. The molecule has 10 heteroatoms. The third-order valence-corrected chi connectivity index (χ3v) is 7.52. The first-order valence-corrected chi connectivity index (χ1v) is 12.3. The topological polar surface area (TPSA) is 129 Å². The molecule has 1 atom stereocenters. The number of hydrogen-bond donors (Lipinski definition) is 3. The maximum Gasteiger partial charge on any atom is 0.306 e. The number of nitrogens with one attached hydrogen (secondary N) is 1. The van der Waals surface area contributed by atoms with E-state index in [2.05, 4.69) is 15.2 Å². The molecule has 3 fully saturated rings. The summed E-state index contributed by atoms with van der Waals surface area (Å²) < 4.78 is 42.4. The maximum absolute atomic E-state index is 14.7. The van der Waals surface area contributed by atoms with Gasteiger partial charge in [0.25, 0.3) is 0 Å². The van der Waals surface area contributed by atoms with Crippen molar-refractivity contribution in [2.45, 2.75) is 32.1 Å². The standard InChI is InChI=1S/C19H10F3N5.C9H14O2/c20-10-6-11-16(13(21)7-10)26-27-18(11)17-12(8-23)14(15(22)19(24)25-17)9-4-2-1-3-5-9;10-9(11)8-5-6-1-3-7(8)4-2-6/h1-7H,(H2,24,25)(H,26,27);6-8H,1-5H2,(H,10,11). The van der Waals surface area contributed by atoms with Gasteiger partial charge >= 0.3 is 5.97 Å². The van der Waals surface area contributed by atoms with Crippen molar-refractivity contribution in [3.63, 3.8) is 0 Å². The number of nitrogens with two attached hydrogens (primary N) is 1. The molecule has 0 spiro atoms. The Labute approximate surface area is 216 Å². The minimum absolute atomic E-state index is 0.00231. The van der Waals surface area contributed by atoms with Crippen LogP contribution in [0.3, 0.4) is 0 Å². The molecule has 2 bridgehead atoms. The van der Waals surface area contributed by atoms with Crippen LogP contribution in [0, 0.1) is 46.5 Å². The molecule has 4 aromatic rings. The molecule has 3 aliphatic rings. The number of anilines is 1. The van der Waals surface area contributed by atoms with Crippen LogP contribution in [0.5, 0.6) is 0 Å². The van der Waals surface area contributed by atoms with E-state index in [9.17, 15) is 23.2 Å². The number of benzene rings is 2. The van der Waals surface area contributed by atoms with Crippen molar-refractivity contribution in [1.29, 1.82) is 5.26 Å². The monoisotopic (exact) mass is 519 g/mol. The molecule has 194 valence electrons. The van der Waals surface area contributed by atoms with Crippen molar-refractivity contribution < 1.29 is 23.1 Å². The molecule has 2 heterocycles. The van der Waals surface area contributed by atoms with Gasteiger partial charge in [-0.2, -0.15) is 10.4 Å². The summed E-state index contributed by atoms with van der Waals surface area (Å²) in [6.07, 6.45) is 5.87. The second-order valence-corrected chi connectivity index (χ2v) is 9.73. The van der Waals surface area contributed by atoms with Crippen LogP contribution in [-0.2, 0) is 4.79 Å². The lowest BCUT2D eigenvalue weighted by molar-refractivity contribution is -0.147. The van der Waals surface area contributed by atoms with Crippen molar-refractivity contribution in [3.8, 4) is 28.6 Å². The van der Waals surface area contributed by atoms with Crippen molar-refractivity contribution in [3.05, 3.63) is 65.5 Å². The lowest BCUT2D eigenvalue weighted by Crippen LogP contribution is -2.35. The van der Waals surface area contributed by atoms with E-state index in [1.54, 1.807) is 30.3 Å². The van der Waals surface area contributed by atoms with Gasteiger partial charge in [-0.3, -0.25) is 9.89 Å². The van der Waals surface area contributed by atoms with Gasteiger partial charge in [0.1, 0.15) is 23.1 Å². The number of carboxylic acids is 1. The van der Waals surface area contributed by atoms with E-state index >= 15 is 0 Å². The van der Waals surface area contributed by atoms with E-state index < -0.39 is 29.2 Å². The van der Waals surface area contributed by atoms with Gasteiger partial charge in [0, 0.05) is 17.0 Å². The van der Waals surface area contributed by atoms with Crippen LogP contribution in [-0.4, -0.2) is 26.3 Å². The molecular weight excluding hydrogens is 495 g/mol. The van der Waals surface area contributed by atoms with Crippen molar-refractivity contribution in [1.82, 2.24) is 15.2 Å². The van der Waals surface area contributed by atoms with Gasteiger partial charge in [-0.15, -0.1) is 0 Å². The number of fused-ring (bicyclic) bond motifs is 4. The summed E-state index contributed by atoms with van der Waals surface area (Å²) in [5, 5.41) is 25.0. The third kappa shape index (κ3) is 4.56. The number of carboxylic acid groups (broad SMARTS) is 1. The summed E-state index contributed by atoms with van der Waals surface area (Å²) in [5.41, 5.74) is 5.88. The minimum Gasteiger partial charge on any atom is -0.481 e. The first-order valence-electron chi connectivity index (χ1n) is 12.3. The number of nitriles is 1. The first kappa shape index (κ1) is 25.3. The summed E-state index contributed by atoms with van der Waals surface area (Å²) in [6.45, 7) is 0. The Morgan fingerprint density at radius 3 is 2.39 bits per heavy atom. The number of hydrogen-bond acceptors (Lipinski definition) is 5. The second kappa shape index (κ2) is 10.2. The normalized spacial score (nSPS) is 20.0. The highest BCUT2D eigenvalue weighted by atomic mass is 19.1. The van der Waals surface area contributed by atoms with Gasteiger partial charge in [-0.25, -0.2) is 18.2 Å². The molecule has 7 rings (SSSR count). The SMILES string of the molecule is N#Cc1c(-c2[nH]nc3c(F)cc(F)cc23)nc(N)c(F)c1-c1ccccc1.O=C(O)C1CC2CCC1CC2. The van der Waals surface area contributed by atoms with Crippen LogP contribution < -0.4 is 5.73 Å². The molecule has 0 amide bonds. The summed E-state index contributed by atoms with van der Waals surface area (Å²) >= 11 is 0. The van der Waals surface area contributed by atoms with E-state index in [0.29, 0.717) is 17.5 Å². The molecule has 7 nitrogen and oxygen atoms in total. The fourth-order valence-electron chi connectivity index (χ4n) is 5.65. The summed E-state index contributed by atoms with van der Waals surface area (Å²) in [7, 11) is 0. The van der Waals surface area contributed by atoms with Crippen LogP contribution in [0.2, 0.25) is 0 Å². The van der Waals surface area contributed by atoms with E-state index in [1.807, 2.05) is 6.07 Å². The molecule has 3 aliphatic carbocycles. The molecule has 38 heavy (non-hydrogen) atoms. The van der Waals surface area contributed by atoms with E-state index in [0.717, 1.165) is 18.4 Å². The van der Waals surface area contributed by atoms with Gasteiger partial charge < -0.3 is 10.8 Å². The van der Waals surface area contributed by atoms with Gasteiger partial charge in [0.2, 0.25) is 0 Å². The minimum atomic E-state index is -0.871. The quantitative estimate of drug-likeness (QED) is 0.302. The Morgan fingerprint density at radius 1 is 1.11 bits per heavy atom. The molecule has 4 N–H and O–H groups in total. The largest absolute Gasteiger partial charge is 0.481 e. The second-order valence-electron chi connectivity index (χ2n) is 9.73. The number of carbonyl (C=O) groups is 1. The number of aliphatic carboxylic acids is 1. The van der Waals surface area contributed by atoms with Crippen LogP contribution in [0.15, 0.2) is 42.5 Å². The van der Waals surface area contributed by atoms with E-state index in [4.69, 9.17) is 10.8 Å². The van der Waals surface area contributed by atoms with E-state index in [-0.39, 0.29) is 39.3 Å². The zero-order chi connectivity index (χ0) is 27.0. The van der Waals surface area contributed by atoms with E-state index in [1.165, 1.54) is 25.7 Å². The molecule has 2 aromatic carbocycles. The third-order valence-electron chi connectivity index (χ3n) is 7.52. The zero-order valence-electron chi connectivity index (χ0n) is 20.2. The van der Waals surface area contributed by atoms with Gasteiger partial charge in [-0.1, -0.05) is 43.2 Å². The Bertz CT molecular complexity index is 1560. The average Bonchev–Trinajstić information content (AvgIpc) is 3.35. The smallest absolute Gasteiger partial charge is 0.306 e. The molecule has 0 radical (unpaired) electrons. The lowest BCUT2D eigenvalue weighted by Gasteiger charge is -2.40. The van der Waals surface area contributed by atoms with Gasteiger partial charge in [0.05, 0.1) is 17.2 Å². The Morgan fingerprint density at radius 2 is 1.82 bits per heavy atom. The number of aromatic nitrogens is 3. The summed E-state index contributed by atoms with van der Waals surface area (Å²) in [4.78, 5) is 14.7.